The van der Waals surface area contributed by atoms with Gasteiger partial charge in [0.2, 0.25) is 0 Å². The van der Waals surface area contributed by atoms with Crippen molar-refractivity contribution in [2.75, 3.05) is 31.6 Å². The van der Waals surface area contributed by atoms with Crippen LogP contribution < -0.4 is 20.9 Å². The molecule has 30 heavy (non-hydrogen) atoms. The fourth-order valence-electron chi connectivity index (χ4n) is 6.95. The molecule has 3 N–H and O–H groups in total. The lowest BCUT2D eigenvalue weighted by Crippen LogP contribution is -2.58. The van der Waals surface area contributed by atoms with Crippen molar-refractivity contribution < 1.29 is 9.21 Å². The number of amides is 1. The van der Waals surface area contributed by atoms with E-state index in [-0.39, 0.29) is 11.9 Å². The Bertz CT molecular complexity index is 983. The second kappa shape index (κ2) is 6.69. The monoisotopic (exact) mass is 409 g/mol. The summed E-state index contributed by atoms with van der Waals surface area (Å²) in [6, 6.07) is 7.52. The first kappa shape index (κ1) is 18.6. The van der Waals surface area contributed by atoms with E-state index in [2.05, 4.69) is 34.8 Å². The molecule has 0 radical (unpaired) electrons. The van der Waals surface area contributed by atoms with Gasteiger partial charge in [0, 0.05) is 43.2 Å². The highest BCUT2D eigenvalue weighted by Crippen LogP contribution is 2.73. The summed E-state index contributed by atoms with van der Waals surface area (Å²) >= 11 is 0. The van der Waals surface area contributed by atoms with Gasteiger partial charge in [-0.1, -0.05) is 12.5 Å². The Hall–Kier alpha value is -2.12. The SMILES string of the molecule is CNC1C2CCCC3CC(NC(=O)c4cccc5oc(N6CCNC(C)C6)nc45)C321. The zero-order valence-corrected chi connectivity index (χ0v) is 17.8. The predicted octanol–water partition coefficient (Wildman–Crippen LogP) is 2.13. The normalized spacial score (nSPS) is 37.3. The molecule has 3 saturated carbocycles. The zero-order chi connectivity index (χ0) is 20.5. The van der Waals surface area contributed by atoms with Crippen molar-refractivity contribution in [3.05, 3.63) is 23.8 Å². The van der Waals surface area contributed by atoms with E-state index in [4.69, 9.17) is 9.40 Å². The van der Waals surface area contributed by atoms with Crippen LogP contribution in [0.4, 0.5) is 6.01 Å². The van der Waals surface area contributed by atoms with Crippen molar-refractivity contribution in [2.24, 2.45) is 17.3 Å². The van der Waals surface area contributed by atoms with Crippen molar-refractivity contribution in [1.82, 2.24) is 20.9 Å². The van der Waals surface area contributed by atoms with E-state index >= 15 is 0 Å². The summed E-state index contributed by atoms with van der Waals surface area (Å²) in [6.45, 7) is 4.78. The average molecular weight is 410 g/mol. The minimum atomic E-state index is -0.0157. The number of piperazine rings is 1. The number of carbonyl (C=O) groups excluding carboxylic acids is 1. The second-order valence-electron chi connectivity index (χ2n) is 9.71. The number of aromatic nitrogens is 1. The number of nitrogens with one attached hydrogen (secondary N) is 3. The Labute approximate surface area is 177 Å². The van der Waals surface area contributed by atoms with E-state index in [1.54, 1.807) is 0 Å². The lowest BCUT2D eigenvalue weighted by molar-refractivity contribution is 0.0268. The van der Waals surface area contributed by atoms with Crippen LogP contribution in [0.15, 0.2) is 22.6 Å². The molecule has 2 heterocycles. The standard InChI is InChI=1S/C23H31N5O2/c1-13-12-28(10-9-25-13)22-27-19-15(6-4-8-17(19)30-22)21(29)26-18-11-14-5-3-7-16-20(24-2)23(14,16)18/h4,6,8,13-14,16,18,20,24-25H,3,5,7,9-12H2,1-2H3,(H,26,29). The maximum absolute atomic E-state index is 13.3. The summed E-state index contributed by atoms with van der Waals surface area (Å²) in [5, 5.41) is 10.3. The van der Waals surface area contributed by atoms with Crippen molar-refractivity contribution >= 4 is 23.0 Å². The molecule has 3 aliphatic carbocycles. The highest BCUT2D eigenvalue weighted by Gasteiger charge is 2.77. The fourth-order valence-corrected chi connectivity index (χ4v) is 6.95. The second-order valence-corrected chi connectivity index (χ2v) is 9.71. The first-order valence-corrected chi connectivity index (χ1v) is 11.5. The highest BCUT2D eigenvalue weighted by atomic mass is 16.4. The summed E-state index contributed by atoms with van der Waals surface area (Å²) in [5.74, 6) is 1.48. The van der Waals surface area contributed by atoms with E-state index in [0.29, 0.717) is 40.2 Å². The Balaban J connectivity index is 1.25. The molecular formula is C23H31N5O2. The van der Waals surface area contributed by atoms with Crippen LogP contribution in [-0.4, -0.2) is 55.7 Å². The van der Waals surface area contributed by atoms with Gasteiger partial charge in [-0.2, -0.15) is 4.98 Å². The largest absolute Gasteiger partial charge is 0.423 e. The minimum absolute atomic E-state index is 0.0157. The van der Waals surface area contributed by atoms with Gasteiger partial charge in [0.05, 0.1) is 5.56 Å². The van der Waals surface area contributed by atoms with Crippen LogP contribution in [0.25, 0.3) is 11.1 Å². The number of rotatable bonds is 4. The summed E-state index contributed by atoms with van der Waals surface area (Å²) in [7, 11) is 2.07. The van der Waals surface area contributed by atoms with Crippen LogP contribution in [0.3, 0.4) is 0 Å². The predicted molar refractivity (Wildman–Crippen MR) is 116 cm³/mol. The molecular weight excluding hydrogens is 378 g/mol. The number of fused-ring (bicyclic) bond motifs is 1. The lowest BCUT2D eigenvalue weighted by atomic mass is 9.59. The third-order valence-corrected chi connectivity index (χ3v) is 8.28. The number of anilines is 1. The molecule has 160 valence electrons. The molecule has 2 aromatic rings. The van der Waals surface area contributed by atoms with Gasteiger partial charge in [0.15, 0.2) is 5.58 Å². The van der Waals surface area contributed by atoms with Gasteiger partial charge in [-0.25, -0.2) is 0 Å². The molecule has 1 saturated heterocycles. The first-order valence-electron chi connectivity index (χ1n) is 11.5. The van der Waals surface area contributed by atoms with E-state index in [9.17, 15) is 4.79 Å². The Morgan fingerprint density at radius 1 is 1.37 bits per heavy atom. The molecule has 4 fully saturated rings. The topological polar surface area (TPSA) is 82.4 Å². The number of para-hydroxylation sites is 1. The molecule has 7 nitrogen and oxygen atoms in total. The number of benzene rings is 1. The molecule has 0 bridgehead atoms. The molecule has 1 aromatic heterocycles. The number of carbonyl (C=O) groups is 1. The van der Waals surface area contributed by atoms with Gasteiger partial charge in [0.25, 0.3) is 11.9 Å². The molecule has 7 heteroatoms. The zero-order valence-electron chi connectivity index (χ0n) is 17.8. The fraction of sp³-hybridized carbons (Fsp3) is 0.652. The van der Waals surface area contributed by atoms with Crippen LogP contribution in [0.2, 0.25) is 0 Å². The molecule has 6 atom stereocenters. The maximum atomic E-state index is 13.3. The molecule has 6 unspecified atom stereocenters. The molecule has 1 aliphatic heterocycles. The van der Waals surface area contributed by atoms with E-state index in [1.165, 1.54) is 19.3 Å². The van der Waals surface area contributed by atoms with Crippen LogP contribution in [0, 0.1) is 17.3 Å². The van der Waals surface area contributed by atoms with Gasteiger partial charge < -0.3 is 25.3 Å². The van der Waals surface area contributed by atoms with Crippen LogP contribution in [0.1, 0.15) is 43.0 Å². The number of hydrogen-bond acceptors (Lipinski definition) is 6. The number of hydrogen-bond donors (Lipinski definition) is 3. The Kier molecular flexibility index (Phi) is 4.15. The average Bonchev–Trinajstić information content (AvgIpc) is 3.26. The first-order chi connectivity index (χ1) is 14.6. The van der Waals surface area contributed by atoms with E-state index in [0.717, 1.165) is 37.9 Å². The summed E-state index contributed by atoms with van der Waals surface area (Å²) in [6.07, 6.45) is 5.05. The van der Waals surface area contributed by atoms with Gasteiger partial charge in [-0.3, -0.25) is 4.79 Å². The third-order valence-electron chi connectivity index (χ3n) is 8.28. The van der Waals surface area contributed by atoms with E-state index < -0.39 is 0 Å². The third kappa shape index (κ3) is 2.51. The maximum Gasteiger partial charge on any atom is 0.298 e. The molecule has 4 aliphatic rings. The van der Waals surface area contributed by atoms with Crippen molar-refractivity contribution in [2.45, 2.75) is 50.7 Å². The Morgan fingerprint density at radius 2 is 2.27 bits per heavy atom. The van der Waals surface area contributed by atoms with Crippen LogP contribution in [-0.2, 0) is 0 Å². The molecule has 1 spiro atoms. The van der Waals surface area contributed by atoms with Gasteiger partial charge in [-0.05, 0) is 57.2 Å². The molecule has 6 rings (SSSR count). The summed E-state index contributed by atoms with van der Waals surface area (Å²) in [5.41, 5.74) is 2.27. The van der Waals surface area contributed by atoms with Gasteiger partial charge in [-0.15, -0.1) is 0 Å². The van der Waals surface area contributed by atoms with Crippen molar-refractivity contribution in [1.29, 1.82) is 0 Å². The van der Waals surface area contributed by atoms with E-state index in [1.807, 2.05) is 18.2 Å². The highest BCUT2D eigenvalue weighted by molar-refractivity contribution is 6.05. The number of nitrogens with zero attached hydrogens (tertiary/aromatic N) is 2. The van der Waals surface area contributed by atoms with Crippen LogP contribution in [0.5, 0.6) is 0 Å². The summed E-state index contributed by atoms with van der Waals surface area (Å²) < 4.78 is 6.04. The smallest absolute Gasteiger partial charge is 0.298 e. The quantitative estimate of drug-likeness (QED) is 0.718. The van der Waals surface area contributed by atoms with Crippen LogP contribution >= 0.6 is 0 Å². The Morgan fingerprint density at radius 3 is 3.10 bits per heavy atom. The lowest BCUT2D eigenvalue weighted by Gasteiger charge is -2.50. The van der Waals surface area contributed by atoms with Crippen molar-refractivity contribution in [3.8, 4) is 0 Å². The van der Waals surface area contributed by atoms with Gasteiger partial charge >= 0.3 is 0 Å². The van der Waals surface area contributed by atoms with Crippen molar-refractivity contribution in [3.63, 3.8) is 0 Å². The molecule has 1 amide bonds. The minimum Gasteiger partial charge on any atom is -0.423 e. The number of oxazole rings is 1. The summed E-state index contributed by atoms with van der Waals surface area (Å²) in [4.78, 5) is 20.2. The molecule has 1 aromatic carbocycles. The van der Waals surface area contributed by atoms with Gasteiger partial charge in [0.1, 0.15) is 5.52 Å².